The summed E-state index contributed by atoms with van der Waals surface area (Å²) in [6, 6.07) is 7.34. The fraction of sp³-hybridized carbons (Fsp3) is 0.286. The second-order valence-corrected chi connectivity index (χ2v) is 10.1. The van der Waals surface area contributed by atoms with Gasteiger partial charge in [-0.25, -0.2) is 29.9 Å². The molecule has 41 heavy (non-hydrogen) atoms. The molecule has 208 valence electrons. The third kappa shape index (κ3) is 4.46. The van der Waals surface area contributed by atoms with Crippen molar-refractivity contribution in [1.29, 1.82) is 0 Å². The van der Waals surface area contributed by atoms with E-state index in [-0.39, 0.29) is 5.82 Å². The standard InChI is InChI=1S/C28H24F3N9O/c1-38-13-20(28(29,30)31)36-25(38)18-5-3-16(4-6-18)12-39-14-21-32-9-10-40(21)19-11-33-24(37-26(19)39)22-23(17-7-8-17)34-15-35-27(22)41-2/h3-6,9-11,13,15,17H,7-8,12,14H2,1-2H3. The summed E-state index contributed by atoms with van der Waals surface area (Å²) in [5.74, 6) is 3.07. The van der Waals surface area contributed by atoms with Gasteiger partial charge in [-0.1, -0.05) is 24.3 Å². The molecular formula is C28H24F3N9O. The molecule has 1 aromatic carbocycles. The van der Waals surface area contributed by atoms with E-state index in [0.717, 1.165) is 47.6 Å². The zero-order valence-corrected chi connectivity index (χ0v) is 22.2. The summed E-state index contributed by atoms with van der Waals surface area (Å²) in [6.07, 6.45) is 5.51. The molecule has 1 aliphatic carbocycles. The van der Waals surface area contributed by atoms with Crippen LogP contribution in [0.3, 0.4) is 0 Å². The van der Waals surface area contributed by atoms with Gasteiger partial charge in [-0.05, 0) is 18.4 Å². The van der Waals surface area contributed by atoms with E-state index in [1.807, 2.05) is 22.9 Å². The Kier molecular flexibility index (Phi) is 5.77. The van der Waals surface area contributed by atoms with E-state index in [4.69, 9.17) is 14.7 Å². The van der Waals surface area contributed by atoms with E-state index < -0.39 is 11.9 Å². The second-order valence-electron chi connectivity index (χ2n) is 10.1. The number of aromatic nitrogens is 8. The number of ether oxygens (including phenoxy) is 1. The lowest BCUT2D eigenvalue weighted by molar-refractivity contribution is -0.140. The number of hydrogen-bond donors (Lipinski definition) is 0. The van der Waals surface area contributed by atoms with Gasteiger partial charge in [0.2, 0.25) is 5.88 Å². The number of fused-ring (bicyclic) bond motifs is 3. The molecule has 0 N–H and O–H groups in total. The molecule has 13 heteroatoms. The van der Waals surface area contributed by atoms with Gasteiger partial charge in [0.25, 0.3) is 0 Å². The molecule has 0 saturated heterocycles. The lowest BCUT2D eigenvalue weighted by Gasteiger charge is -2.30. The lowest BCUT2D eigenvalue weighted by atomic mass is 10.1. The zero-order valence-electron chi connectivity index (χ0n) is 22.2. The fourth-order valence-corrected chi connectivity index (χ4v) is 5.20. The lowest BCUT2D eigenvalue weighted by Crippen LogP contribution is -2.30. The first-order valence-electron chi connectivity index (χ1n) is 13.0. The van der Waals surface area contributed by atoms with Crippen molar-refractivity contribution < 1.29 is 17.9 Å². The van der Waals surface area contributed by atoms with Crippen LogP contribution in [0.25, 0.3) is 28.5 Å². The van der Waals surface area contributed by atoms with Crippen molar-refractivity contribution in [3.8, 4) is 34.3 Å². The first-order valence-corrected chi connectivity index (χ1v) is 13.0. The summed E-state index contributed by atoms with van der Waals surface area (Å²) in [5.41, 5.74) is 3.01. The van der Waals surface area contributed by atoms with Gasteiger partial charge in [0.05, 0.1) is 25.5 Å². The number of anilines is 1. The molecule has 10 nitrogen and oxygen atoms in total. The SMILES string of the molecule is COc1ncnc(C2CC2)c1-c1ncc2c(n1)N(Cc1ccc(-c3nc(C(F)(F)F)cn3C)cc1)Cc1nccn1-2. The molecular weight excluding hydrogens is 535 g/mol. The van der Waals surface area contributed by atoms with Crippen LogP contribution in [-0.4, -0.2) is 46.1 Å². The van der Waals surface area contributed by atoms with Gasteiger partial charge in [0.15, 0.2) is 17.3 Å². The van der Waals surface area contributed by atoms with Gasteiger partial charge >= 0.3 is 6.18 Å². The summed E-state index contributed by atoms with van der Waals surface area (Å²) < 4.78 is 48.4. The number of aryl methyl sites for hydroxylation is 1. The average molecular weight is 560 g/mol. The molecule has 0 unspecified atom stereocenters. The van der Waals surface area contributed by atoms with Crippen LogP contribution >= 0.6 is 0 Å². The maximum Gasteiger partial charge on any atom is 0.434 e. The van der Waals surface area contributed by atoms with Crippen molar-refractivity contribution >= 4 is 5.82 Å². The van der Waals surface area contributed by atoms with Crippen LogP contribution < -0.4 is 9.64 Å². The van der Waals surface area contributed by atoms with E-state index >= 15 is 0 Å². The summed E-state index contributed by atoms with van der Waals surface area (Å²) in [6.45, 7) is 0.993. The number of hydrogen-bond acceptors (Lipinski definition) is 8. The monoisotopic (exact) mass is 559 g/mol. The fourth-order valence-electron chi connectivity index (χ4n) is 5.20. The predicted molar refractivity (Wildman–Crippen MR) is 142 cm³/mol. The van der Waals surface area contributed by atoms with Crippen molar-refractivity contribution in [3.63, 3.8) is 0 Å². The molecule has 7 rings (SSSR count). The number of imidazole rings is 2. The third-order valence-electron chi connectivity index (χ3n) is 7.33. The Labute approximate surface area is 232 Å². The van der Waals surface area contributed by atoms with Gasteiger partial charge < -0.3 is 14.2 Å². The molecule has 0 radical (unpaired) electrons. The Balaban J connectivity index is 1.24. The minimum Gasteiger partial charge on any atom is -0.480 e. The summed E-state index contributed by atoms with van der Waals surface area (Å²) >= 11 is 0. The van der Waals surface area contributed by atoms with E-state index in [2.05, 4.69) is 24.8 Å². The minimum atomic E-state index is -4.50. The van der Waals surface area contributed by atoms with E-state index in [9.17, 15) is 13.2 Å². The molecule has 1 fully saturated rings. The Hall–Kier alpha value is -4.81. The highest BCUT2D eigenvalue weighted by atomic mass is 19.4. The maximum atomic E-state index is 13.2. The van der Waals surface area contributed by atoms with Crippen molar-refractivity contribution in [1.82, 2.24) is 39.0 Å². The highest BCUT2D eigenvalue weighted by Crippen LogP contribution is 2.45. The van der Waals surface area contributed by atoms with Gasteiger partial charge in [0.1, 0.15) is 29.2 Å². The molecule has 0 bridgehead atoms. The quantitative estimate of drug-likeness (QED) is 0.288. The third-order valence-corrected chi connectivity index (χ3v) is 7.33. The summed E-state index contributed by atoms with van der Waals surface area (Å²) in [7, 11) is 3.13. The van der Waals surface area contributed by atoms with Crippen LogP contribution in [0.15, 0.2) is 55.4 Å². The van der Waals surface area contributed by atoms with Gasteiger partial charge in [-0.15, -0.1) is 0 Å². The molecule has 1 aliphatic heterocycles. The molecule has 0 spiro atoms. The highest BCUT2D eigenvalue weighted by Gasteiger charge is 2.35. The molecule has 5 heterocycles. The Morgan fingerprint density at radius 2 is 1.83 bits per heavy atom. The molecule has 0 atom stereocenters. The smallest absolute Gasteiger partial charge is 0.434 e. The highest BCUT2D eigenvalue weighted by molar-refractivity contribution is 5.70. The number of nitrogens with zero attached hydrogens (tertiary/aromatic N) is 9. The molecule has 5 aromatic rings. The van der Waals surface area contributed by atoms with Crippen LogP contribution in [0.4, 0.5) is 19.0 Å². The van der Waals surface area contributed by atoms with Crippen molar-refractivity contribution in [2.45, 2.75) is 38.0 Å². The minimum absolute atomic E-state index is 0.247. The summed E-state index contributed by atoms with van der Waals surface area (Å²) in [5, 5.41) is 0. The topological polar surface area (TPSA) is 99.7 Å². The van der Waals surface area contributed by atoms with E-state index in [1.54, 1.807) is 38.7 Å². The van der Waals surface area contributed by atoms with Crippen molar-refractivity contribution in [2.75, 3.05) is 12.0 Å². The summed E-state index contributed by atoms with van der Waals surface area (Å²) in [4.78, 5) is 29.0. The number of benzene rings is 1. The van der Waals surface area contributed by atoms with Crippen molar-refractivity contribution in [2.24, 2.45) is 7.05 Å². The number of rotatable bonds is 6. The molecule has 0 amide bonds. The van der Waals surface area contributed by atoms with E-state index in [1.165, 1.54) is 10.9 Å². The first kappa shape index (κ1) is 25.2. The van der Waals surface area contributed by atoms with Crippen LogP contribution in [0.5, 0.6) is 5.88 Å². The normalized spacial score (nSPS) is 14.6. The zero-order chi connectivity index (χ0) is 28.3. The predicted octanol–water partition coefficient (Wildman–Crippen LogP) is 4.94. The van der Waals surface area contributed by atoms with Gasteiger partial charge in [-0.2, -0.15) is 13.2 Å². The second kappa shape index (κ2) is 9.39. The average Bonchev–Trinajstić information content (AvgIpc) is 3.57. The number of halogens is 3. The number of methoxy groups -OCH3 is 1. The van der Waals surface area contributed by atoms with Gasteiger partial charge in [-0.3, -0.25) is 4.57 Å². The van der Waals surface area contributed by atoms with E-state index in [0.29, 0.717) is 41.8 Å². The van der Waals surface area contributed by atoms with Crippen LogP contribution in [0, 0.1) is 0 Å². The Morgan fingerprint density at radius 3 is 2.54 bits per heavy atom. The maximum absolute atomic E-state index is 13.2. The molecule has 2 aliphatic rings. The molecule has 4 aromatic heterocycles. The number of alkyl halides is 3. The van der Waals surface area contributed by atoms with Crippen LogP contribution in [0.2, 0.25) is 0 Å². The first-order chi connectivity index (χ1) is 19.8. The Bertz CT molecular complexity index is 1760. The Morgan fingerprint density at radius 1 is 1.02 bits per heavy atom. The van der Waals surface area contributed by atoms with Gasteiger partial charge in [0, 0.05) is 43.7 Å². The van der Waals surface area contributed by atoms with Crippen molar-refractivity contribution in [3.05, 3.63) is 78.2 Å². The van der Waals surface area contributed by atoms with Crippen LogP contribution in [-0.2, 0) is 26.3 Å². The van der Waals surface area contributed by atoms with Crippen LogP contribution in [0.1, 0.15) is 41.5 Å². The largest absolute Gasteiger partial charge is 0.480 e. The molecule has 1 saturated carbocycles.